The van der Waals surface area contributed by atoms with E-state index in [1.54, 1.807) is 6.07 Å². The lowest BCUT2D eigenvalue weighted by Gasteiger charge is -2.62. The number of likely N-dealkylation sites (tertiary alicyclic amines) is 1. The third kappa shape index (κ3) is 1.16. The van der Waals surface area contributed by atoms with Crippen molar-refractivity contribution in [2.24, 2.45) is 5.92 Å². The first-order chi connectivity index (χ1) is 10.5. The zero-order chi connectivity index (χ0) is 15.3. The minimum Gasteiger partial charge on any atom is -0.504 e. The lowest BCUT2D eigenvalue weighted by atomic mass is 9.48. The van der Waals surface area contributed by atoms with Crippen molar-refractivity contribution in [1.29, 1.82) is 0 Å². The van der Waals surface area contributed by atoms with E-state index < -0.39 is 0 Å². The molecule has 1 spiro atoms. The van der Waals surface area contributed by atoms with Crippen LogP contribution in [0.15, 0.2) is 12.1 Å². The zero-order valence-corrected chi connectivity index (χ0v) is 13.1. The van der Waals surface area contributed by atoms with Gasteiger partial charge in [0.2, 0.25) is 0 Å². The predicted octanol–water partition coefficient (Wildman–Crippen LogP) is 2.02. The number of ketones is 1. The van der Waals surface area contributed by atoms with Gasteiger partial charge in [-0.3, -0.25) is 4.79 Å². The van der Waals surface area contributed by atoms with Crippen molar-refractivity contribution in [2.45, 2.75) is 49.7 Å². The van der Waals surface area contributed by atoms with Gasteiger partial charge in [0.1, 0.15) is 0 Å². The second-order valence-electron chi connectivity index (χ2n) is 7.75. The Morgan fingerprint density at radius 2 is 2.23 bits per heavy atom. The Morgan fingerprint density at radius 1 is 1.41 bits per heavy atom. The summed E-state index contributed by atoms with van der Waals surface area (Å²) in [5, 5.41) is 10.3. The normalized spacial score (nSPS) is 42.0. The predicted molar refractivity (Wildman–Crippen MR) is 81.3 cm³/mol. The SMILES string of the molecule is CN1CC[C@]23c4c5ccc(O)c4O[C@H]2C(=O)CCC3[C@@]1(C)C5. The number of piperidine rings is 1. The number of hydrogen-bond donors (Lipinski definition) is 1. The lowest BCUT2D eigenvalue weighted by Crippen LogP contribution is -2.70. The molecule has 4 aliphatic rings. The minimum absolute atomic E-state index is 0.0755. The molecule has 4 nitrogen and oxygen atoms in total. The van der Waals surface area contributed by atoms with Gasteiger partial charge in [-0.2, -0.15) is 0 Å². The average Bonchev–Trinajstić information content (AvgIpc) is 2.84. The Kier molecular flexibility index (Phi) is 2.16. The third-order valence-corrected chi connectivity index (χ3v) is 7.02. The van der Waals surface area contributed by atoms with Gasteiger partial charge in [-0.05, 0) is 57.3 Å². The van der Waals surface area contributed by atoms with Crippen LogP contribution < -0.4 is 4.74 Å². The Morgan fingerprint density at radius 3 is 3.05 bits per heavy atom. The fourth-order valence-electron chi connectivity index (χ4n) is 5.94. The average molecular weight is 299 g/mol. The van der Waals surface area contributed by atoms with E-state index in [-0.39, 0.29) is 28.6 Å². The number of carbonyl (C=O) groups is 1. The summed E-state index contributed by atoms with van der Waals surface area (Å²) >= 11 is 0. The number of ether oxygens (including phenoxy) is 1. The van der Waals surface area contributed by atoms with Gasteiger partial charge >= 0.3 is 0 Å². The zero-order valence-electron chi connectivity index (χ0n) is 13.1. The van der Waals surface area contributed by atoms with Gasteiger partial charge in [0.05, 0.1) is 0 Å². The molecule has 0 amide bonds. The van der Waals surface area contributed by atoms with Crippen molar-refractivity contribution in [2.75, 3.05) is 13.6 Å². The van der Waals surface area contributed by atoms with E-state index in [0.717, 1.165) is 31.4 Å². The maximum atomic E-state index is 12.6. The van der Waals surface area contributed by atoms with Gasteiger partial charge in [-0.1, -0.05) is 6.07 Å². The Balaban J connectivity index is 1.86. The number of nitrogens with zero attached hydrogens (tertiary/aromatic N) is 1. The highest BCUT2D eigenvalue weighted by Crippen LogP contribution is 2.65. The van der Waals surface area contributed by atoms with E-state index in [4.69, 9.17) is 4.74 Å². The summed E-state index contributed by atoms with van der Waals surface area (Å²) in [6, 6.07) is 3.76. The molecule has 4 heteroatoms. The molecule has 1 aromatic rings. The lowest BCUT2D eigenvalue weighted by molar-refractivity contribution is -0.144. The maximum Gasteiger partial charge on any atom is 0.174 e. The van der Waals surface area contributed by atoms with E-state index >= 15 is 0 Å². The fourth-order valence-corrected chi connectivity index (χ4v) is 5.94. The van der Waals surface area contributed by atoms with Gasteiger partial charge < -0.3 is 14.7 Å². The molecule has 116 valence electrons. The number of carbonyl (C=O) groups excluding carboxylic acids is 1. The van der Waals surface area contributed by atoms with Crippen molar-refractivity contribution < 1.29 is 14.6 Å². The van der Waals surface area contributed by atoms with E-state index in [1.165, 1.54) is 5.56 Å². The number of rotatable bonds is 0. The molecule has 2 bridgehead atoms. The van der Waals surface area contributed by atoms with Gasteiger partial charge in [0.15, 0.2) is 23.4 Å². The highest BCUT2D eigenvalue weighted by atomic mass is 16.5. The van der Waals surface area contributed by atoms with Crippen molar-refractivity contribution in [3.05, 3.63) is 23.3 Å². The molecule has 1 aromatic carbocycles. The fraction of sp³-hybridized carbons (Fsp3) is 0.611. The number of benzene rings is 1. The molecule has 2 aliphatic carbocycles. The molecule has 2 heterocycles. The van der Waals surface area contributed by atoms with Crippen LogP contribution in [-0.2, 0) is 16.6 Å². The standard InChI is InChI=1S/C18H21NO3/c1-17-9-10-3-4-11(20)15-14(10)18(7-8-19(17)2)13(17)6-5-12(21)16(18)22-15/h3-4,13,16,20H,5-9H2,1-2H3/t13?,16-,17+,18-/m0/s1. The first kappa shape index (κ1) is 12.9. The molecule has 4 atom stereocenters. The monoisotopic (exact) mass is 299 g/mol. The number of phenols is 1. The van der Waals surface area contributed by atoms with Gasteiger partial charge in [-0.25, -0.2) is 0 Å². The molecule has 5 rings (SSSR count). The molecule has 0 radical (unpaired) electrons. The topological polar surface area (TPSA) is 49.8 Å². The first-order valence-corrected chi connectivity index (χ1v) is 8.24. The highest BCUT2D eigenvalue weighted by Gasteiger charge is 2.68. The number of aromatic hydroxyl groups is 1. The summed E-state index contributed by atoms with van der Waals surface area (Å²) in [5.74, 6) is 1.43. The van der Waals surface area contributed by atoms with Crippen molar-refractivity contribution >= 4 is 5.78 Å². The second-order valence-corrected chi connectivity index (χ2v) is 7.75. The molecule has 1 unspecified atom stereocenters. The summed E-state index contributed by atoms with van der Waals surface area (Å²) in [6.45, 7) is 3.33. The molecule has 1 saturated heterocycles. The molecular weight excluding hydrogens is 278 g/mol. The molecule has 1 N–H and O–H groups in total. The Hall–Kier alpha value is -1.55. The molecular formula is C18H21NO3. The first-order valence-electron chi connectivity index (χ1n) is 8.24. The molecule has 2 fully saturated rings. The quantitative estimate of drug-likeness (QED) is 0.796. The Labute approximate surface area is 130 Å². The Bertz CT molecular complexity index is 715. The van der Waals surface area contributed by atoms with Crippen molar-refractivity contribution in [3.63, 3.8) is 0 Å². The summed E-state index contributed by atoms with van der Waals surface area (Å²) in [6.07, 6.45) is 3.08. The van der Waals surface area contributed by atoms with Crippen molar-refractivity contribution in [1.82, 2.24) is 4.90 Å². The van der Waals surface area contributed by atoms with Gasteiger partial charge in [0.25, 0.3) is 0 Å². The minimum atomic E-state index is -0.387. The molecule has 1 saturated carbocycles. The van der Waals surface area contributed by atoms with Crippen LogP contribution >= 0.6 is 0 Å². The summed E-state index contributed by atoms with van der Waals surface area (Å²) in [4.78, 5) is 15.1. The number of phenolic OH excluding ortho intramolecular Hbond substituents is 1. The van der Waals surface area contributed by atoms with Crippen LogP contribution in [0.2, 0.25) is 0 Å². The number of hydrogen-bond acceptors (Lipinski definition) is 4. The summed E-state index contributed by atoms with van der Waals surface area (Å²) in [5.41, 5.74) is 2.28. The van der Waals surface area contributed by atoms with E-state index in [9.17, 15) is 9.90 Å². The maximum absolute atomic E-state index is 12.6. The highest BCUT2D eigenvalue weighted by molar-refractivity contribution is 5.89. The number of likely N-dealkylation sites (N-methyl/N-ethyl adjacent to an activating group) is 1. The summed E-state index contributed by atoms with van der Waals surface area (Å²) in [7, 11) is 2.21. The van der Waals surface area contributed by atoms with Gasteiger partial charge in [0, 0.05) is 22.9 Å². The van der Waals surface area contributed by atoms with E-state index in [1.807, 2.05) is 6.07 Å². The van der Waals surface area contributed by atoms with Crippen LogP contribution in [-0.4, -0.2) is 41.0 Å². The molecule has 22 heavy (non-hydrogen) atoms. The van der Waals surface area contributed by atoms with Crippen LogP contribution in [0, 0.1) is 5.92 Å². The van der Waals surface area contributed by atoms with Crippen LogP contribution in [0.25, 0.3) is 0 Å². The van der Waals surface area contributed by atoms with E-state index in [2.05, 4.69) is 18.9 Å². The van der Waals surface area contributed by atoms with Gasteiger partial charge in [-0.15, -0.1) is 0 Å². The largest absolute Gasteiger partial charge is 0.504 e. The van der Waals surface area contributed by atoms with Crippen LogP contribution in [0.5, 0.6) is 11.5 Å². The third-order valence-electron chi connectivity index (χ3n) is 7.02. The smallest absolute Gasteiger partial charge is 0.174 e. The molecule has 2 aliphatic heterocycles. The van der Waals surface area contributed by atoms with Crippen LogP contribution in [0.4, 0.5) is 0 Å². The number of Topliss-reactive ketones (excluding diaryl/α,β-unsaturated/α-hetero) is 1. The van der Waals surface area contributed by atoms with Crippen molar-refractivity contribution in [3.8, 4) is 11.5 Å². The van der Waals surface area contributed by atoms with Crippen LogP contribution in [0.1, 0.15) is 37.3 Å². The van der Waals surface area contributed by atoms with E-state index in [0.29, 0.717) is 18.1 Å². The summed E-state index contributed by atoms with van der Waals surface area (Å²) < 4.78 is 6.08. The van der Waals surface area contributed by atoms with Crippen LogP contribution in [0.3, 0.4) is 0 Å². The second kappa shape index (κ2) is 3.67. The molecule has 0 aromatic heterocycles.